The number of rotatable bonds is 3. The standard InChI is InChI=1S/C6H10O3/c1-4(2)3-5(7)6(8)9/h4H,3H2,1-2H3,(H,8,9)/i1D3/t4-/m1/s1. The molecule has 9 heavy (non-hydrogen) atoms. The molecule has 0 rings (SSSR count). The number of hydrogen-bond acceptors (Lipinski definition) is 2. The van der Waals surface area contributed by atoms with E-state index < -0.39 is 30.9 Å². The number of aliphatic carboxylic acids is 1. The summed E-state index contributed by atoms with van der Waals surface area (Å²) in [7, 11) is 0. The highest BCUT2D eigenvalue weighted by Crippen LogP contribution is 1.99. The second-order valence-corrected chi connectivity index (χ2v) is 1.83. The van der Waals surface area contributed by atoms with Crippen LogP contribution in [-0.2, 0) is 9.59 Å². The van der Waals surface area contributed by atoms with E-state index >= 15 is 0 Å². The van der Waals surface area contributed by atoms with Crippen molar-refractivity contribution in [3.63, 3.8) is 0 Å². The monoisotopic (exact) mass is 133 g/mol. The van der Waals surface area contributed by atoms with Crippen molar-refractivity contribution >= 4 is 11.8 Å². The Bertz CT molecular complexity index is 197. The smallest absolute Gasteiger partial charge is 0.372 e. The lowest BCUT2D eigenvalue weighted by Crippen LogP contribution is -2.14. The van der Waals surface area contributed by atoms with Gasteiger partial charge in [-0.25, -0.2) is 4.79 Å². The van der Waals surface area contributed by atoms with Crippen LogP contribution >= 0.6 is 0 Å². The van der Waals surface area contributed by atoms with E-state index in [-0.39, 0.29) is 0 Å². The molecule has 0 saturated carbocycles. The van der Waals surface area contributed by atoms with Gasteiger partial charge in [-0.15, -0.1) is 0 Å². The van der Waals surface area contributed by atoms with Gasteiger partial charge in [0.15, 0.2) is 0 Å². The Balaban J connectivity index is 4.11. The predicted molar refractivity (Wildman–Crippen MR) is 32.1 cm³/mol. The Morgan fingerprint density at radius 2 is 2.33 bits per heavy atom. The minimum absolute atomic E-state index is 0.439. The van der Waals surface area contributed by atoms with Crippen molar-refractivity contribution in [1.29, 1.82) is 0 Å². The number of carboxylic acids is 1. The molecule has 0 spiro atoms. The molecule has 0 heterocycles. The molecule has 0 saturated heterocycles. The Kier molecular flexibility index (Phi) is 1.44. The molecule has 0 aliphatic carbocycles. The van der Waals surface area contributed by atoms with Crippen molar-refractivity contribution < 1.29 is 18.8 Å². The first-order valence-electron chi connectivity index (χ1n) is 4.01. The first kappa shape index (κ1) is 4.04. The molecule has 0 amide bonds. The summed E-state index contributed by atoms with van der Waals surface area (Å²) in [6.07, 6.45) is -0.439. The molecule has 1 N–H and O–H groups in total. The summed E-state index contributed by atoms with van der Waals surface area (Å²) in [5.41, 5.74) is 0. The van der Waals surface area contributed by atoms with Crippen LogP contribution in [0.5, 0.6) is 0 Å². The van der Waals surface area contributed by atoms with Crippen LogP contribution < -0.4 is 0 Å². The van der Waals surface area contributed by atoms with Crippen LogP contribution in [0.15, 0.2) is 0 Å². The Labute approximate surface area is 57.9 Å². The lowest BCUT2D eigenvalue weighted by molar-refractivity contribution is -0.149. The first-order chi connectivity index (χ1) is 5.25. The van der Waals surface area contributed by atoms with Gasteiger partial charge in [0.1, 0.15) is 0 Å². The zero-order valence-corrected chi connectivity index (χ0v) is 5.05. The Morgan fingerprint density at radius 1 is 1.78 bits per heavy atom. The fourth-order valence-electron chi connectivity index (χ4n) is 0.365. The molecule has 0 aliphatic rings. The van der Waals surface area contributed by atoms with Crippen LogP contribution in [0.25, 0.3) is 0 Å². The van der Waals surface area contributed by atoms with E-state index in [1.165, 1.54) is 6.92 Å². The third kappa shape index (κ3) is 3.70. The number of Topliss-reactive ketones (excluding diaryl/α,β-unsaturated/α-hetero) is 1. The summed E-state index contributed by atoms with van der Waals surface area (Å²) < 4.78 is 20.6. The van der Waals surface area contributed by atoms with Crippen LogP contribution in [0.1, 0.15) is 24.3 Å². The number of ketones is 1. The highest BCUT2D eigenvalue weighted by molar-refractivity contribution is 6.32. The van der Waals surface area contributed by atoms with E-state index in [0.29, 0.717) is 0 Å². The molecule has 0 bridgehead atoms. The number of carbonyl (C=O) groups is 2. The fourth-order valence-corrected chi connectivity index (χ4v) is 0.365. The average Bonchev–Trinajstić information content (AvgIpc) is 1.85. The maximum Gasteiger partial charge on any atom is 0.372 e. The molecule has 0 fully saturated rings. The second kappa shape index (κ2) is 3.22. The van der Waals surface area contributed by atoms with Gasteiger partial charge in [-0.05, 0) is 5.92 Å². The van der Waals surface area contributed by atoms with Crippen LogP contribution in [-0.4, -0.2) is 16.9 Å². The highest BCUT2D eigenvalue weighted by atomic mass is 16.4. The number of carbonyl (C=O) groups excluding carboxylic acids is 1. The van der Waals surface area contributed by atoms with Crippen molar-refractivity contribution in [2.75, 3.05) is 0 Å². The zero-order valence-electron chi connectivity index (χ0n) is 8.05. The van der Waals surface area contributed by atoms with Crippen molar-refractivity contribution in [2.45, 2.75) is 20.2 Å². The van der Waals surface area contributed by atoms with Crippen LogP contribution in [0, 0.1) is 5.92 Å². The van der Waals surface area contributed by atoms with E-state index in [1.807, 2.05) is 0 Å². The van der Waals surface area contributed by atoms with E-state index in [0.717, 1.165) is 0 Å². The normalized spacial score (nSPS) is 19.0. The third-order valence-corrected chi connectivity index (χ3v) is 0.730. The van der Waals surface area contributed by atoms with Crippen molar-refractivity contribution in [3.8, 4) is 0 Å². The van der Waals surface area contributed by atoms with Gasteiger partial charge in [0, 0.05) is 10.5 Å². The summed E-state index contributed by atoms with van der Waals surface area (Å²) in [6.45, 7) is -0.932. The molecule has 0 aliphatic heterocycles. The van der Waals surface area contributed by atoms with E-state index in [4.69, 9.17) is 9.22 Å². The minimum Gasteiger partial charge on any atom is -0.476 e. The molecule has 52 valence electrons. The molecule has 1 atom stereocenters. The third-order valence-electron chi connectivity index (χ3n) is 0.730. The van der Waals surface area contributed by atoms with Crippen LogP contribution in [0.3, 0.4) is 0 Å². The fraction of sp³-hybridized carbons (Fsp3) is 0.667. The molecular formula is C6H10O3. The lowest BCUT2D eigenvalue weighted by atomic mass is 10.1. The SMILES string of the molecule is [2H]C([2H])([2H])[C@H](C)CC(=O)C(=O)O. The maximum atomic E-state index is 10.6. The van der Waals surface area contributed by atoms with Crippen molar-refractivity contribution in [1.82, 2.24) is 0 Å². The van der Waals surface area contributed by atoms with Crippen LogP contribution in [0.2, 0.25) is 0 Å². The topological polar surface area (TPSA) is 54.4 Å². The van der Waals surface area contributed by atoms with Crippen LogP contribution in [0.4, 0.5) is 0 Å². The summed E-state index contributed by atoms with van der Waals surface area (Å²) in [6, 6.07) is 0. The van der Waals surface area contributed by atoms with Gasteiger partial charge in [-0.3, -0.25) is 4.79 Å². The van der Waals surface area contributed by atoms with E-state index in [9.17, 15) is 9.59 Å². The maximum absolute atomic E-state index is 10.6. The molecular weight excluding hydrogens is 120 g/mol. The lowest BCUT2D eigenvalue weighted by Gasteiger charge is -1.97. The molecule has 3 heteroatoms. The van der Waals surface area contributed by atoms with Crippen molar-refractivity contribution in [2.24, 2.45) is 5.92 Å². The summed E-state index contributed by atoms with van der Waals surface area (Å²) in [5, 5.41) is 8.16. The number of carboxylic acid groups (broad SMARTS) is 1. The average molecular weight is 133 g/mol. The molecule has 3 nitrogen and oxygen atoms in total. The molecule has 0 aromatic heterocycles. The highest BCUT2D eigenvalue weighted by Gasteiger charge is 2.11. The molecule has 0 radical (unpaired) electrons. The summed E-state index contributed by atoms with van der Waals surface area (Å²) in [5.74, 6) is -3.54. The first-order valence-corrected chi connectivity index (χ1v) is 2.51. The van der Waals surface area contributed by atoms with Gasteiger partial charge in [0.2, 0.25) is 5.78 Å². The van der Waals surface area contributed by atoms with Gasteiger partial charge in [0.25, 0.3) is 0 Å². The molecule has 0 aromatic carbocycles. The quantitative estimate of drug-likeness (QED) is 0.576. The zero-order chi connectivity index (χ0) is 9.94. The number of hydrogen-bond donors (Lipinski definition) is 1. The largest absolute Gasteiger partial charge is 0.476 e. The van der Waals surface area contributed by atoms with E-state index in [1.54, 1.807) is 0 Å². The van der Waals surface area contributed by atoms with Crippen molar-refractivity contribution in [3.05, 3.63) is 0 Å². The van der Waals surface area contributed by atoms with Gasteiger partial charge in [-0.1, -0.05) is 13.8 Å². The molecule has 0 aromatic rings. The van der Waals surface area contributed by atoms with E-state index in [2.05, 4.69) is 0 Å². The Hall–Kier alpha value is -0.860. The van der Waals surface area contributed by atoms with Gasteiger partial charge in [0.05, 0.1) is 0 Å². The summed E-state index contributed by atoms with van der Waals surface area (Å²) >= 11 is 0. The predicted octanol–water partition coefficient (Wildman–Crippen LogP) is 0.686. The second-order valence-electron chi connectivity index (χ2n) is 1.83. The van der Waals surface area contributed by atoms with Gasteiger partial charge < -0.3 is 5.11 Å². The minimum atomic E-state index is -2.26. The van der Waals surface area contributed by atoms with Gasteiger partial charge >= 0.3 is 5.97 Å². The molecule has 0 unspecified atom stereocenters. The summed E-state index contributed by atoms with van der Waals surface area (Å²) in [4.78, 5) is 20.6. The van der Waals surface area contributed by atoms with Gasteiger partial charge in [-0.2, -0.15) is 0 Å². The Morgan fingerprint density at radius 3 is 2.67 bits per heavy atom.